The molecule has 35 heavy (non-hydrogen) atoms. The molecule has 0 radical (unpaired) electrons. The molecule has 1 fully saturated rings. The van der Waals surface area contributed by atoms with Gasteiger partial charge in [0, 0.05) is 62.9 Å². The second-order valence-electron chi connectivity index (χ2n) is 9.90. The average molecular weight is 475 g/mol. The first-order valence-electron chi connectivity index (χ1n) is 12.7. The lowest BCUT2D eigenvalue weighted by Crippen LogP contribution is -2.47. The minimum atomic E-state index is 0.00346. The first-order valence-corrected chi connectivity index (χ1v) is 12.7. The highest BCUT2D eigenvalue weighted by atomic mass is 16.1. The van der Waals surface area contributed by atoms with E-state index in [1.165, 1.54) is 5.56 Å². The maximum absolute atomic E-state index is 13.0. The predicted octanol–water partition coefficient (Wildman–Crippen LogP) is 4.10. The van der Waals surface area contributed by atoms with E-state index in [2.05, 4.69) is 64.2 Å². The number of aryl methyl sites for hydroxylation is 1. The van der Waals surface area contributed by atoms with Gasteiger partial charge in [0.1, 0.15) is 0 Å². The van der Waals surface area contributed by atoms with E-state index in [0.29, 0.717) is 12.3 Å². The SMILES string of the molecule is Cc1nn(CC(C)C)c(C)c1CC(=O)Nc1ccccc1N1CCN(CCc2ccncc2)CC1. The van der Waals surface area contributed by atoms with Crippen LogP contribution in [0.5, 0.6) is 0 Å². The van der Waals surface area contributed by atoms with Gasteiger partial charge in [0.05, 0.1) is 23.5 Å². The quantitative estimate of drug-likeness (QED) is 0.506. The molecule has 1 amide bonds. The zero-order valence-corrected chi connectivity index (χ0v) is 21.5. The molecule has 3 aromatic rings. The van der Waals surface area contributed by atoms with Gasteiger partial charge in [0.15, 0.2) is 0 Å². The first-order chi connectivity index (χ1) is 16.9. The summed E-state index contributed by atoms with van der Waals surface area (Å²) < 4.78 is 2.03. The van der Waals surface area contributed by atoms with Gasteiger partial charge in [0.2, 0.25) is 5.91 Å². The number of carbonyl (C=O) groups excluding carboxylic acids is 1. The Bertz CT molecular complexity index is 1120. The highest BCUT2D eigenvalue weighted by Crippen LogP contribution is 2.27. The van der Waals surface area contributed by atoms with Gasteiger partial charge in [-0.3, -0.25) is 19.4 Å². The van der Waals surface area contributed by atoms with Crippen molar-refractivity contribution in [3.63, 3.8) is 0 Å². The minimum Gasteiger partial charge on any atom is -0.367 e. The van der Waals surface area contributed by atoms with Crippen molar-refractivity contribution in [3.05, 3.63) is 71.3 Å². The maximum Gasteiger partial charge on any atom is 0.228 e. The smallest absolute Gasteiger partial charge is 0.228 e. The number of nitrogens with one attached hydrogen (secondary N) is 1. The van der Waals surface area contributed by atoms with Crippen LogP contribution in [0.2, 0.25) is 0 Å². The fourth-order valence-corrected chi connectivity index (χ4v) is 4.77. The third kappa shape index (κ3) is 6.48. The van der Waals surface area contributed by atoms with E-state index in [0.717, 1.165) is 74.0 Å². The van der Waals surface area contributed by atoms with E-state index < -0.39 is 0 Å². The number of nitrogens with zero attached hydrogens (tertiary/aromatic N) is 5. The van der Waals surface area contributed by atoms with Crippen LogP contribution in [0.25, 0.3) is 0 Å². The highest BCUT2D eigenvalue weighted by molar-refractivity contribution is 5.95. The summed E-state index contributed by atoms with van der Waals surface area (Å²) in [5.41, 5.74) is 6.36. The van der Waals surface area contributed by atoms with Gasteiger partial charge >= 0.3 is 0 Å². The average Bonchev–Trinajstić information content (AvgIpc) is 3.11. The molecule has 0 bridgehead atoms. The van der Waals surface area contributed by atoms with Crippen molar-refractivity contribution >= 4 is 17.3 Å². The van der Waals surface area contributed by atoms with E-state index in [1.54, 1.807) is 0 Å². The lowest BCUT2D eigenvalue weighted by atomic mass is 10.1. The number of hydrogen-bond donors (Lipinski definition) is 1. The molecule has 1 N–H and O–H groups in total. The molecule has 0 atom stereocenters. The van der Waals surface area contributed by atoms with Crippen molar-refractivity contribution in [2.24, 2.45) is 5.92 Å². The van der Waals surface area contributed by atoms with Crippen molar-refractivity contribution in [2.45, 2.75) is 47.1 Å². The summed E-state index contributed by atoms with van der Waals surface area (Å²) in [5.74, 6) is 0.515. The molecular formula is C28H38N6O. The summed E-state index contributed by atoms with van der Waals surface area (Å²) in [7, 11) is 0. The van der Waals surface area contributed by atoms with Crippen molar-refractivity contribution in [1.82, 2.24) is 19.7 Å². The van der Waals surface area contributed by atoms with Crippen LogP contribution in [0.15, 0.2) is 48.8 Å². The zero-order valence-electron chi connectivity index (χ0n) is 21.5. The van der Waals surface area contributed by atoms with Gasteiger partial charge in [-0.2, -0.15) is 5.10 Å². The molecule has 2 aromatic heterocycles. The third-order valence-electron chi connectivity index (χ3n) is 6.76. The fraction of sp³-hybridized carbons (Fsp3) is 0.464. The number of hydrogen-bond acceptors (Lipinski definition) is 5. The molecule has 186 valence electrons. The molecule has 7 nitrogen and oxygen atoms in total. The predicted molar refractivity (Wildman–Crippen MR) is 142 cm³/mol. The van der Waals surface area contributed by atoms with Crippen LogP contribution in [0.1, 0.15) is 36.4 Å². The largest absolute Gasteiger partial charge is 0.367 e. The molecule has 0 spiro atoms. The number of piperazine rings is 1. The van der Waals surface area contributed by atoms with E-state index in [-0.39, 0.29) is 5.91 Å². The molecule has 3 heterocycles. The zero-order chi connectivity index (χ0) is 24.8. The van der Waals surface area contributed by atoms with E-state index in [9.17, 15) is 4.79 Å². The van der Waals surface area contributed by atoms with Crippen LogP contribution in [0, 0.1) is 19.8 Å². The Morgan fingerprint density at radius 1 is 1.03 bits per heavy atom. The number of rotatable bonds is 9. The number of carbonyl (C=O) groups is 1. The van der Waals surface area contributed by atoms with E-state index >= 15 is 0 Å². The lowest BCUT2D eigenvalue weighted by molar-refractivity contribution is -0.115. The molecule has 1 aliphatic heterocycles. The Morgan fingerprint density at radius 3 is 2.46 bits per heavy atom. The normalized spacial score (nSPS) is 14.5. The topological polar surface area (TPSA) is 66.3 Å². The molecule has 4 rings (SSSR count). The molecule has 1 aliphatic rings. The monoisotopic (exact) mass is 474 g/mol. The van der Waals surface area contributed by atoms with Crippen LogP contribution in [0.3, 0.4) is 0 Å². The second kappa shape index (κ2) is 11.5. The van der Waals surface area contributed by atoms with Gasteiger partial charge in [-0.25, -0.2) is 0 Å². The van der Waals surface area contributed by atoms with Gasteiger partial charge in [0.25, 0.3) is 0 Å². The number of pyridine rings is 1. The van der Waals surface area contributed by atoms with Crippen LogP contribution in [-0.4, -0.2) is 58.3 Å². The number of amides is 1. The first kappa shape index (κ1) is 24.9. The second-order valence-corrected chi connectivity index (χ2v) is 9.90. The number of anilines is 2. The highest BCUT2D eigenvalue weighted by Gasteiger charge is 2.21. The Kier molecular flexibility index (Phi) is 8.18. The van der Waals surface area contributed by atoms with Crippen LogP contribution >= 0.6 is 0 Å². The van der Waals surface area contributed by atoms with Gasteiger partial charge in [-0.1, -0.05) is 26.0 Å². The van der Waals surface area contributed by atoms with Crippen LogP contribution in [-0.2, 0) is 24.2 Å². The lowest BCUT2D eigenvalue weighted by Gasteiger charge is -2.37. The summed E-state index contributed by atoms with van der Waals surface area (Å²) in [5, 5.41) is 7.85. The van der Waals surface area contributed by atoms with E-state index in [4.69, 9.17) is 0 Å². The molecule has 0 saturated carbocycles. The van der Waals surface area contributed by atoms with Crippen molar-refractivity contribution in [3.8, 4) is 0 Å². The summed E-state index contributed by atoms with van der Waals surface area (Å²) in [6, 6.07) is 12.3. The van der Waals surface area contributed by atoms with Gasteiger partial charge in [-0.15, -0.1) is 0 Å². The summed E-state index contributed by atoms with van der Waals surface area (Å²) in [6.45, 7) is 14.3. The van der Waals surface area contributed by atoms with Gasteiger partial charge in [-0.05, 0) is 56.0 Å². The number of para-hydroxylation sites is 2. The van der Waals surface area contributed by atoms with Crippen LogP contribution < -0.4 is 10.2 Å². The number of aromatic nitrogens is 3. The molecular weight excluding hydrogens is 436 g/mol. The third-order valence-corrected chi connectivity index (χ3v) is 6.76. The van der Waals surface area contributed by atoms with Crippen molar-refractivity contribution in [1.29, 1.82) is 0 Å². The van der Waals surface area contributed by atoms with Crippen molar-refractivity contribution in [2.75, 3.05) is 42.9 Å². The Balaban J connectivity index is 1.35. The van der Waals surface area contributed by atoms with Gasteiger partial charge < -0.3 is 10.2 Å². The molecule has 0 aliphatic carbocycles. The molecule has 7 heteroatoms. The fourth-order valence-electron chi connectivity index (χ4n) is 4.77. The summed E-state index contributed by atoms with van der Waals surface area (Å²) in [6.07, 6.45) is 5.10. The Hall–Kier alpha value is -3.19. The standard InChI is InChI=1S/C28H38N6O/c1-21(2)20-34-23(4)25(22(3)31-34)19-28(35)30-26-7-5-6-8-27(26)33-17-15-32(16-18-33)14-11-24-9-12-29-13-10-24/h5-10,12-13,21H,11,14-20H2,1-4H3,(H,30,35). The number of benzene rings is 1. The molecule has 1 saturated heterocycles. The van der Waals surface area contributed by atoms with Crippen molar-refractivity contribution < 1.29 is 4.79 Å². The molecule has 1 aromatic carbocycles. The maximum atomic E-state index is 13.0. The summed E-state index contributed by atoms with van der Waals surface area (Å²) in [4.78, 5) is 22.0. The van der Waals surface area contributed by atoms with E-state index in [1.807, 2.05) is 42.2 Å². The Labute approximate surface area is 209 Å². The van der Waals surface area contributed by atoms with Crippen LogP contribution in [0.4, 0.5) is 11.4 Å². The molecule has 0 unspecified atom stereocenters. The summed E-state index contributed by atoms with van der Waals surface area (Å²) >= 11 is 0. The minimum absolute atomic E-state index is 0.00346. The Morgan fingerprint density at radius 2 is 1.74 bits per heavy atom.